The topological polar surface area (TPSA) is 87.5 Å². The number of nitrogens with one attached hydrogen (secondary N) is 1. The Labute approximate surface area is 168 Å². The number of fused-ring (bicyclic) bond motifs is 1. The maximum absolute atomic E-state index is 12.9. The van der Waals surface area contributed by atoms with E-state index in [1.165, 1.54) is 21.2 Å². The summed E-state index contributed by atoms with van der Waals surface area (Å²) in [4.78, 5) is 28.0. The van der Waals surface area contributed by atoms with E-state index in [9.17, 15) is 14.7 Å². The molecule has 0 saturated carbocycles. The van der Waals surface area contributed by atoms with Gasteiger partial charge in [0.2, 0.25) is 0 Å². The summed E-state index contributed by atoms with van der Waals surface area (Å²) in [7, 11) is 0. The first-order chi connectivity index (χ1) is 13.5. The van der Waals surface area contributed by atoms with Crippen LogP contribution in [0.15, 0.2) is 35.2 Å². The Morgan fingerprint density at radius 1 is 1.29 bits per heavy atom. The number of piperidine rings is 1. The van der Waals surface area contributed by atoms with Crippen molar-refractivity contribution in [2.75, 3.05) is 19.6 Å². The molecule has 1 atom stereocenters. The molecule has 1 saturated heterocycles. The third-order valence-electron chi connectivity index (χ3n) is 5.14. The highest BCUT2D eigenvalue weighted by molar-refractivity contribution is 8.00. The number of aliphatic hydroxyl groups excluding tert-OH is 1. The predicted molar refractivity (Wildman–Crippen MR) is 107 cm³/mol. The summed E-state index contributed by atoms with van der Waals surface area (Å²) in [5.41, 5.74) is 1.85. The SMILES string of the molecule is Cc1cccc(SC2CCN(C(=O)c3cc4n(n3)C[C@@H](O)CNC4=O)CC2)c1. The van der Waals surface area contributed by atoms with Crippen LogP contribution in [-0.4, -0.2) is 62.6 Å². The van der Waals surface area contributed by atoms with Crippen molar-refractivity contribution >= 4 is 23.6 Å². The first-order valence-electron chi connectivity index (χ1n) is 9.56. The second-order valence-corrected chi connectivity index (χ2v) is 8.76. The number of aromatic nitrogens is 2. The van der Waals surface area contributed by atoms with Gasteiger partial charge in [0.05, 0.1) is 12.6 Å². The van der Waals surface area contributed by atoms with E-state index < -0.39 is 6.10 Å². The van der Waals surface area contributed by atoms with Gasteiger partial charge in [0.25, 0.3) is 11.8 Å². The van der Waals surface area contributed by atoms with E-state index >= 15 is 0 Å². The fourth-order valence-electron chi connectivity index (χ4n) is 3.63. The van der Waals surface area contributed by atoms with Crippen molar-refractivity contribution in [3.63, 3.8) is 0 Å². The molecule has 8 heteroatoms. The number of thioether (sulfide) groups is 1. The van der Waals surface area contributed by atoms with Gasteiger partial charge < -0.3 is 15.3 Å². The van der Waals surface area contributed by atoms with Gasteiger partial charge in [-0.25, -0.2) is 0 Å². The highest BCUT2D eigenvalue weighted by Crippen LogP contribution is 2.31. The van der Waals surface area contributed by atoms with Crippen LogP contribution in [0.5, 0.6) is 0 Å². The van der Waals surface area contributed by atoms with Gasteiger partial charge >= 0.3 is 0 Å². The van der Waals surface area contributed by atoms with Crippen molar-refractivity contribution in [2.45, 2.75) is 42.6 Å². The van der Waals surface area contributed by atoms with E-state index in [4.69, 9.17) is 0 Å². The van der Waals surface area contributed by atoms with E-state index in [-0.39, 0.29) is 30.6 Å². The minimum Gasteiger partial charge on any atom is -0.389 e. The molecule has 0 aliphatic carbocycles. The molecule has 1 aromatic carbocycles. The van der Waals surface area contributed by atoms with Crippen LogP contribution in [-0.2, 0) is 6.54 Å². The fourth-order valence-corrected chi connectivity index (χ4v) is 4.87. The van der Waals surface area contributed by atoms with E-state index in [0.29, 0.717) is 24.0 Å². The average molecular weight is 401 g/mol. The van der Waals surface area contributed by atoms with Crippen LogP contribution >= 0.6 is 11.8 Å². The lowest BCUT2D eigenvalue weighted by Crippen LogP contribution is -2.39. The smallest absolute Gasteiger partial charge is 0.274 e. The molecule has 7 nitrogen and oxygen atoms in total. The highest BCUT2D eigenvalue weighted by Gasteiger charge is 2.29. The third-order valence-corrected chi connectivity index (χ3v) is 6.47. The van der Waals surface area contributed by atoms with Crippen molar-refractivity contribution in [2.24, 2.45) is 0 Å². The normalized spacial score (nSPS) is 20.4. The molecule has 28 heavy (non-hydrogen) atoms. The zero-order valence-electron chi connectivity index (χ0n) is 15.8. The standard InChI is InChI=1S/C20H24N4O3S/c1-13-3-2-4-16(9-13)28-15-5-7-23(8-6-15)20(27)17-10-18-19(26)21-11-14(25)12-24(18)22-17/h2-4,9-10,14-15,25H,5-8,11-12H2,1H3,(H,21,26)/t14-/m0/s1. The van der Waals surface area contributed by atoms with Crippen molar-refractivity contribution in [1.82, 2.24) is 20.0 Å². The molecule has 148 valence electrons. The molecule has 0 bridgehead atoms. The van der Waals surface area contributed by atoms with Crippen LogP contribution in [0, 0.1) is 6.92 Å². The van der Waals surface area contributed by atoms with E-state index in [1.54, 1.807) is 0 Å². The minimum atomic E-state index is -0.706. The minimum absolute atomic E-state index is 0.151. The Morgan fingerprint density at radius 3 is 2.82 bits per heavy atom. The molecular formula is C20H24N4O3S. The Kier molecular flexibility index (Phi) is 5.41. The number of carbonyl (C=O) groups is 2. The number of hydrogen-bond acceptors (Lipinski definition) is 5. The molecule has 0 radical (unpaired) electrons. The van der Waals surface area contributed by atoms with Crippen LogP contribution < -0.4 is 5.32 Å². The third kappa shape index (κ3) is 4.07. The van der Waals surface area contributed by atoms with Crippen LogP contribution in [0.25, 0.3) is 0 Å². The summed E-state index contributed by atoms with van der Waals surface area (Å²) >= 11 is 1.87. The van der Waals surface area contributed by atoms with Gasteiger partial charge in [-0.05, 0) is 31.9 Å². The van der Waals surface area contributed by atoms with Gasteiger partial charge in [0, 0.05) is 35.8 Å². The summed E-state index contributed by atoms with van der Waals surface area (Å²) in [5, 5.41) is 17.3. The molecule has 4 rings (SSSR count). The number of β-amino-alcohol motifs (C(OH)–C–C–N with tert-alkyl or cyclic N) is 1. The number of nitrogens with zero attached hydrogens (tertiary/aromatic N) is 3. The Bertz CT molecular complexity index is 889. The molecule has 1 fully saturated rings. The number of aryl methyl sites for hydroxylation is 1. The summed E-state index contributed by atoms with van der Waals surface area (Å²) in [6.07, 6.45) is 1.15. The van der Waals surface area contributed by atoms with Gasteiger partial charge in [-0.2, -0.15) is 5.10 Å². The van der Waals surface area contributed by atoms with E-state index in [0.717, 1.165) is 12.8 Å². The number of amides is 2. The molecule has 2 aliphatic heterocycles. The Hall–Kier alpha value is -2.32. The summed E-state index contributed by atoms with van der Waals surface area (Å²) in [5.74, 6) is -0.460. The number of hydrogen-bond donors (Lipinski definition) is 2. The zero-order chi connectivity index (χ0) is 19.7. The number of benzene rings is 1. The molecule has 2 aromatic rings. The first-order valence-corrected chi connectivity index (χ1v) is 10.4. The maximum Gasteiger partial charge on any atom is 0.274 e. The van der Waals surface area contributed by atoms with Gasteiger partial charge in [-0.15, -0.1) is 11.8 Å². The summed E-state index contributed by atoms with van der Waals surface area (Å²) < 4.78 is 1.43. The van der Waals surface area contributed by atoms with E-state index in [2.05, 4.69) is 41.6 Å². The number of rotatable bonds is 3. The number of likely N-dealkylation sites (tertiary alicyclic amines) is 1. The van der Waals surface area contributed by atoms with Crippen molar-refractivity contribution in [3.05, 3.63) is 47.3 Å². The Morgan fingerprint density at radius 2 is 2.07 bits per heavy atom. The monoisotopic (exact) mass is 400 g/mol. The summed E-state index contributed by atoms with van der Waals surface area (Å²) in [6, 6.07) is 10.0. The maximum atomic E-state index is 12.9. The van der Waals surface area contributed by atoms with E-state index in [1.807, 2.05) is 16.7 Å². The number of aliphatic hydroxyl groups is 1. The molecular weight excluding hydrogens is 376 g/mol. The molecule has 0 spiro atoms. The van der Waals surface area contributed by atoms with Crippen molar-refractivity contribution in [1.29, 1.82) is 0 Å². The van der Waals surface area contributed by atoms with Crippen molar-refractivity contribution < 1.29 is 14.7 Å². The quantitative estimate of drug-likeness (QED) is 0.819. The lowest BCUT2D eigenvalue weighted by Gasteiger charge is -2.31. The van der Waals surface area contributed by atoms with Gasteiger partial charge in [0.15, 0.2) is 5.69 Å². The second-order valence-electron chi connectivity index (χ2n) is 7.39. The van der Waals surface area contributed by atoms with Crippen LogP contribution in [0.3, 0.4) is 0 Å². The second kappa shape index (κ2) is 7.97. The van der Waals surface area contributed by atoms with Crippen LogP contribution in [0.4, 0.5) is 0 Å². The van der Waals surface area contributed by atoms with Gasteiger partial charge in [-0.1, -0.05) is 17.7 Å². The molecule has 2 aliphatic rings. The summed E-state index contributed by atoms with van der Waals surface area (Å²) in [6.45, 7) is 3.85. The Balaban J connectivity index is 1.38. The molecule has 1 aromatic heterocycles. The lowest BCUT2D eigenvalue weighted by molar-refractivity contribution is 0.0719. The average Bonchev–Trinajstić information content (AvgIpc) is 3.04. The molecule has 3 heterocycles. The molecule has 0 unspecified atom stereocenters. The highest BCUT2D eigenvalue weighted by atomic mass is 32.2. The van der Waals surface area contributed by atoms with Crippen LogP contribution in [0.1, 0.15) is 39.4 Å². The fraction of sp³-hybridized carbons (Fsp3) is 0.450. The zero-order valence-corrected chi connectivity index (χ0v) is 16.6. The van der Waals surface area contributed by atoms with Gasteiger partial charge in [0.1, 0.15) is 5.69 Å². The first kappa shape index (κ1) is 19.0. The lowest BCUT2D eigenvalue weighted by atomic mass is 10.1. The predicted octanol–water partition coefficient (Wildman–Crippen LogP) is 1.69. The molecule has 2 amide bonds. The van der Waals surface area contributed by atoms with Crippen molar-refractivity contribution in [3.8, 4) is 0 Å². The van der Waals surface area contributed by atoms with Crippen LogP contribution in [0.2, 0.25) is 0 Å². The van der Waals surface area contributed by atoms with Gasteiger partial charge in [-0.3, -0.25) is 14.3 Å². The number of carbonyl (C=O) groups excluding carboxylic acids is 2. The largest absolute Gasteiger partial charge is 0.389 e. The molecule has 2 N–H and O–H groups in total.